The molecule has 2 aliphatic heterocycles. The van der Waals surface area contributed by atoms with E-state index in [0.717, 1.165) is 89.4 Å². The Bertz CT molecular complexity index is 2180. The van der Waals surface area contributed by atoms with Crippen LogP contribution in [-0.4, -0.2) is 9.97 Å². The summed E-state index contributed by atoms with van der Waals surface area (Å²) in [7, 11) is 0. The molecule has 9 rings (SSSR count). The molecule has 4 aromatic carbocycles. The van der Waals surface area contributed by atoms with Gasteiger partial charge in [-0.3, -0.25) is 0 Å². The van der Waals surface area contributed by atoms with Crippen molar-refractivity contribution in [2.75, 3.05) is 0 Å². The summed E-state index contributed by atoms with van der Waals surface area (Å²) in [6.07, 6.45) is 8.41. The van der Waals surface area contributed by atoms with Gasteiger partial charge in [-0.2, -0.15) is 0 Å². The zero-order valence-electron chi connectivity index (χ0n) is 26.4. The van der Waals surface area contributed by atoms with Gasteiger partial charge in [-0.15, -0.1) is 22.1 Å². The number of rotatable bonds is 4. The third-order valence-electron chi connectivity index (χ3n) is 8.86. The Morgan fingerprint density at radius 1 is 0.286 bits per heavy atom. The summed E-state index contributed by atoms with van der Waals surface area (Å²) in [5, 5.41) is 0. The summed E-state index contributed by atoms with van der Waals surface area (Å²) in [5.74, 6) is 0. The number of nitrogens with zero attached hydrogens (tertiary/aromatic N) is 4. The molecule has 0 spiro atoms. The molecule has 4 nitrogen and oxygen atoms in total. The van der Waals surface area contributed by atoms with Gasteiger partial charge >= 0.3 is 0 Å². The first-order valence-corrected chi connectivity index (χ1v) is 16.1. The number of hydrogen-bond donors (Lipinski definition) is 0. The summed E-state index contributed by atoms with van der Waals surface area (Å²) in [5.41, 5.74) is 15.0. The van der Waals surface area contributed by atoms with Gasteiger partial charge in [0.15, 0.2) is 0 Å². The predicted octanol–water partition coefficient (Wildman–Crippen LogP) is 10.6. The second-order valence-corrected chi connectivity index (χ2v) is 11.8. The van der Waals surface area contributed by atoms with Crippen LogP contribution in [0, 0.1) is 0 Å². The molecule has 0 N–H and O–H groups in total. The van der Waals surface area contributed by atoms with Crippen LogP contribution in [0.15, 0.2) is 146 Å². The normalized spacial score (nSPS) is 11.8. The van der Waals surface area contributed by atoms with Crippen LogP contribution in [0.25, 0.3) is 90.9 Å². The van der Waals surface area contributed by atoms with E-state index < -0.39 is 0 Å². The first kappa shape index (κ1) is 30.4. The molecule has 5 heteroatoms. The Labute approximate surface area is 295 Å². The molecule has 232 valence electrons. The van der Waals surface area contributed by atoms with Gasteiger partial charge in [-0.1, -0.05) is 146 Å². The molecule has 0 fully saturated rings. The molecule has 5 heterocycles. The second kappa shape index (κ2) is 12.9. The number of hydrogen-bond acceptors (Lipinski definition) is 2. The van der Waals surface area contributed by atoms with Crippen LogP contribution < -0.4 is 9.97 Å². The zero-order valence-corrected chi connectivity index (χ0v) is 27.6. The minimum atomic E-state index is 0. The van der Waals surface area contributed by atoms with Crippen LogP contribution in [0.4, 0.5) is 0 Å². The molecular formula is C44H28CrN4-2. The topological polar surface area (TPSA) is 54.0 Å². The molecule has 49 heavy (non-hydrogen) atoms. The maximum Gasteiger partial charge on any atom is 0.0704 e. The molecule has 2 aliphatic rings. The SMILES string of the molecule is C1=Cc2nc1c(-c1ccccc1)c1ccc([n-]1)c(-c1ccccc1)c1nc(c(-c3ccccc3)c3ccc([n-]3)c2-c2ccccc2)C=C1.[Cr]. The summed E-state index contributed by atoms with van der Waals surface area (Å²) >= 11 is 0. The van der Waals surface area contributed by atoms with Gasteiger partial charge in [-0.05, 0) is 68.8 Å². The fourth-order valence-electron chi connectivity index (χ4n) is 6.69. The minimum Gasteiger partial charge on any atom is -0.657 e. The fourth-order valence-corrected chi connectivity index (χ4v) is 6.69. The van der Waals surface area contributed by atoms with Crippen molar-refractivity contribution in [3.63, 3.8) is 0 Å². The van der Waals surface area contributed by atoms with E-state index in [1.807, 2.05) is 24.3 Å². The average molecular weight is 665 g/mol. The van der Waals surface area contributed by atoms with Crippen molar-refractivity contribution in [3.8, 4) is 44.5 Å². The summed E-state index contributed by atoms with van der Waals surface area (Å²) in [6, 6.07) is 50.0. The maximum atomic E-state index is 5.31. The van der Waals surface area contributed by atoms with Crippen LogP contribution in [0.2, 0.25) is 0 Å². The molecule has 0 unspecified atom stereocenters. The molecule has 7 aromatic rings. The molecule has 0 saturated heterocycles. The van der Waals surface area contributed by atoms with E-state index in [4.69, 9.17) is 19.9 Å². The van der Waals surface area contributed by atoms with E-state index in [-0.39, 0.29) is 17.4 Å². The number of fused-ring (bicyclic) bond motifs is 8. The van der Waals surface area contributed by atoms with E-state index in [2.05, 4.69) is 146 Å². The van der Waals surface area contributed by atoms with Crippen LogP contribution >= 0.6 is 0 Å². The predicted molar refractivity (Wildman–Crippen MR) is 199 cm³/mol. The van der Waals surface area contributed by atoms with Crippen molar-refractivity contribution in [1.29, 1.82) is 0 Å². The Hall–Kier alpha value is -5.99. The van der Waals surface area contributed by atoms with E-state index in [1.54, 1.807) is 0 Å². The van der Waals surface area contributed by atoms with Crippen LogP contribution in [-0.2, 0) is 17.4 Å². The maximum absolute atomic E-state index is 5.31. The Kier molecular flexibility index (Phi) is 7.99. The summed E-state index contributed by atoms with van der Waals surface area (Å²) in [6.45, 7) is 0. The molecule has 8 bridgehead atoms. The van der Waals surface area contributed by atoms with Crippen LogP contribution in [0.1, 0.15) is 22.8 Å². The molecule has 0 amide bonds. The van der Waals surface area contributed by atoms with Gasteiger partial charge in [0.2, 0.25) is 0 Å². The van der Waals surface area contributed by atoms with Gasteiger partial charge in [0.05, 0.1) is 22.8 Å². The first-order valence-electron chi connectivity index (χ1n) is 16.1. The van der Waals surface area contributed by atoms with Gasteiger partial charge < -0.3 is 9.97 Å². The van der Waals surface area contributed by atoms with Gasteiger partial charge in [0, 0.05) is 17.4 Å². The second-order valence-electron chi connectivity index (χ2n) is 11.8. The Balaban J connectivity index is 0.00000348. The van der Waals surface area contributed by atoms with Gasteiger partial charge in [-0.25, -0.2) is 9.97 Å². The third-order valence-corrected chi connectivity index (χ3v) is 8.86. The Morgan fingerprint density at radius 3 is 0.735 bits per heavy atom. The monoisotopic (exact) mass is 664 g/mol. The van der Waals surface area contributed by atoms with E-state index in [0.29, 0.717) is 0 Å². The molecule has 0 radical (unpaired) electrons. The first-order chi connectivity index (χ1) is 23.8. The number of benzene rings is 4. The van der Waals surface area contributed by atoms with Crippen molar-refractivity contribution in [2.45, 2.75) is 0 Å². The van der Waals surface area contributed by atoms with E-state index >= 15 is 0 Å². The number of aromatic nitrogens is 4. The standard InChI is InChI=1S/C44H28N4.Cr/c1-5-13-29(14-6-1)41-33-21-23-35(45-33)42(30-15-7-2-8-16-30)37-25-27-39(47-37)44(32-19-11-4-12-20-32)40-28-26-38(48-40)43(31-17-9-3-10-18-31)36-24-22-34(41)46-36;/h1-28H;/q-2;. The minimum absolute atomic E-state index is 0. The summed E-state index contributed by atoms with van der Waals surface area (Å²) < 4.78 is 0. The van der Waals surface area contributed by atoms with Crippen molar-refractivity contribution >= 4 is 46.4 Å². The van der Waals surface area contributed by atoms with Crippen molar-refractivity contribution in [1.82, 2.24) is 19.9 Å². The van der Waals surface area contributed by atoms with E-state index in [9.17, 15) is 0 Å². The largest absolute Gasteiger partial charge is 0.657 e. The smallest absolute Gasteiger partial charge is 0.0704 e. The van der Waals surface area contributed by atoms with Crippen LogP contribution in [0.3, 0.4) is 0 Å². The zero-order chi connectivity index (χ0) is 31.9. The molecule has 0 saturated carbocycles. The fraction of sp³-hybridized carbons (Fsp3) is 0. The molecule has 0 atom stereocenters. The van der Waals surface area contributed by atoms with Crippen molar-refractivity contribution in [3.05, 3.63) is 168 Å². The third kappa shape index (κ3) is 5.56. The van der Waals surface area contributed by atoms with Gasteiger partial charge in [0.1, 0.15) is 0 Å². The molecule has 3 aromatic heterocycles. The van der Waals surface area contributed by atoms with Crippen molar-refractivity contribution in [2.24, 2.45) is 0 Å². The quantitative estimate of drug-likeness (QED) is 0.188. The van der Waals surface area contributed by atoms with Crippen molar-refractivity contribution < 1.29 is 17.4 Å². The van der Waals surface area contributed by atoms with Crippen LogP contribution in [0.5, 0.6) is 0 Å². The summed E-state index contributed by atoms with van der Waals surface area (Å²) in [4.78, 5) is 21.2. The average Bonchev–Trinajstić information content (AvgIpc) is 3.98. The Morgan fingerprint density at radius 2 is 0.510 bits per heavy atom. The van der Waals surface area contributed by atoms with Gasteiger partial charge in [0.25, 0.3) is 0 Å². The molecular weight excluding hydrogens is 637 g/mol. The molecule has 0 aliphatic carbocycles. The van der Waals surface area contributed by atoms with E-state index in [1.165, 1.54) is 0 Å².